The number of ether oxygens (including phenoxy) is 1. The molecule has 5 heteroatoms. The molecule has 0 heterocycles. The summed E-state index contributed by atoms with van der Waals surface area (Å²) in [5.41, 5.74) is 7.97. The van der Waals surface area contributed by atoms with Crippen molar-refractivity contribution in [2.75, 3.05) is 0 Å². The average Bonchev–Trinajstić information content (AvgIpc) is 3.06. The Kier molecular flexibility index (Phi) is 5.95. The smallest absolute Gasteiger partial charge is 0.223 e. The van der Waals surface area contributed by atoms with Gasteiger partial charge in [-0.15, -0.1) is 0 Å². The third-order valence-electron chi connectivity index (χ3n) is 4.64. The van der Waals surface area contributed by atoms with Gasteiger partial charge in [0.15, 0.2) is 0 Å². The maximum atomic E-state index is 12.3. The molecule has 0 bridgehead atoms. The predicted molar refractivity (Wildman–Crippen MR) is 99.4 cm³/mol. The van der Waals surface area contributed by atoms with E-state index in [2.05, 4.69) is 5.32 Å². The van der Waals surface area contributed by atoms with E-state index in [9.17, 15) is 4.79 Å². The van der Waals surface area contributed by atoms with Gasteiger partial charge in [-0.05, 0) is 42.5 Å². The summed E-state index contributed by atoms with van der Waals surface area (Å²) in [6, 6.07) is 15.5. The van der Waals surface area contributed by atoms with Gasteiger partial charge in [0.1, 0.15) is 12.4 Å². The summed E-state index contributed by atoms with van der Waals surface area (Å²) in [4.78, 5) is 12.3. The third-order valence-corrected chi connectivity index (χ3v) is 4.95. The lowest BCUT2D eigenvalue weighted by atomic mass is 10.1. The van der Waals surface area contributed by atoms with Crippen LogP contribution < -0.4 is 15.8 Å². The normalized spacial score (nSPS) is 19.6. The first-order chi connectivity index (χ1) is 12.1. The quantitative estimate of drug-likeness (QED) is 0.828. The van der Waals surface area contributed by atoms with Crippen LogP contribution in [0.2, 0.25) is 5.02 Å². The highest BCUT2D eigenvalue weighted by Crippen LogP contribution is 2.25. The molecule has 2 aromatic rings. The summed E-state index contributed by atoms with van der Waals surface area (Å²) in [5, 5.41) is 3.62. The molecule has 0 saturated heterocycles. The summed E-state index contributed by atoms with van der Waals surface area (Å²) in [7, 11) is 0. The van der Waals surface area contributed by atoms with Gasteiger partial charge in [0, 0.05) is 18.5 Å². The number of amides is 1. The van der Waals surface area contributed by atoms with Crippen LogP contribution >= 0.6 is 11.6 Å². The van der Waals surface area contributed by atoms with Crippen LogP contribution in [0, 0.1) is 5.92 Å². The Morgan fingerprint density at radius 2 is 1.84 bits per heavy atom. The number of hydrogen-bond donors (Lipinski definition) is 2. The van der Waals surface area contributed by atoms with Crippen LogP contribution in [0.4, 0.5) is 0 Å². The Morgan fingerprint density at radius 3 is 2.56 bits per heavy atom. The summed E-state index contributed by atoms with van der Waals surface area (Å²) >= 11 is 6.13. The fourth-order valence-corrected chi connectivity index (χ4v) is 3.36. The third kappa shape index (κ3) is 4.74. The van der Waals surface area contributed by atoms with Gasteiger partial charge in [-0.3, -0.25) is 4.79 Å². The number of benzene rings is 2. The van der Waals surface area contributed by atoms with Crippen LogP contribution in [-0.2, 0) is 17.9 Å². The van der Waals surface area contributed by atoms with Crippen molar-refractivity contribution in [3.05, 3.63) is 64.7 Å². The van der Waals surface area contributed by atoms with Crippen molar-refractivity contribution < 1.29 is 9.53 Å². The van der Waals surface area contributed by atoms with Crippen molar-refractivity contribution in [1.82, 2.24) is 5.32 Å². The molecule has 0 aromatic heterocycles. The van der Waals surface area contributed by atoms with E-state index in [4.69, 9.17) is 22.1 Å². The van der Waals surface area contributed by atoms with Crippen molar-refractivity contribution in [2.24, 2.45) is 11.7 Å². The van der Waals surface area contributed by atoms with Crippen molar-refractivity contribution in [3.63, 3.8) is 0 Å². The first kappa shape index (κ1) is 17.8. The molecule has 3 N–H and O–H groups in total. The molecule has 0 aliphatic heterocycles. The van der Waals surface area contributed by atoms with Crippen molar-refractivity contribution in [1.29, 1.82) is 0 Å². The number of nitrogens with one attached hydrogen (secondary N) is 1. The van der Waals surface area contributed by atoms with Crippen LogP contribution in [-0.4, -0.2) is 11.9 Å². The Morgan fingerprint density at radius 1 is 1.12 bits per heavy atom. The SMILES string of the molecule is NC1CCC(C(=O)NCc2ccccc2COc2ccccc2Cl)C1. The number of rotatable bonds is 6. The minimum atomic E-state index is 0.0431. The second-order valence-electron chi connectivity index (χ2n) is 6.48. The van der Waals surface area contributed by atoms with E-state index in [1.165, 1.54) is 0 Å². The lowest BCUT2D eigenvalue weighted by Gasteiger charge is -2.14. The molecular weight excluding hydrogens is 336 g/mol. The summed E-state index contributed by atoms with van der Waals surface area (Å²) in [6.45, 7) is 0.900. The second-order valence-corrected chi connectivity index (χ2v) is 6.88. The van der Waals surface area contributed by atoms with Gasteiger partial charge in [-0.1, -0.05) is 48.0 Å². The minimum absolute atomic E-state index is 0.0431. The highest BCUT2D eigenvalue weighted by Gasteiger charge is 2.27. The van der Waals surface area contributed by atoms with Crippen LogP contribution in [0.1, 0.15) is 30.4 Å². The van der Waals surface area contributed by atoms with E-state index >= 15 is 0 Å². The molecular formula is C20H23ClN2O2. The van der Waals surface area contributed by atoms with Gasteiger partial charge in [-0.2, -0.15) is 0 Å². The summed E-state index contributed by atoms with van der Waals surface area (Å²) in [6.07, 6.45) is 2.59. The maximum absolute atomic E-state index is 12.3. The molecule has 132 valence electrons. The Labute approximate surface area is 153 Å². The average molecular weight is 359 g/mol. The number of hydrogen-bond acceptors (Lipinski definition) is 3. The van der Waals surface area contributed by atoms with Gasteiger partial charge in [0.05, 0.1) is 5.02 Å². The number of para-hydroxylation sites is 1. The number of carbonyl (C=O) groups excluding carboxylic acids is 1. The molecule has 4 nitrogen and oxygen atoms in total. The van der Waals surface area contributed by atoms with Crippen LogP contribution in [0.5, 0.6) is 5.75 Å². The topological polar surface area (TPSA) is 64.4 Å². The van der Waals surface area contributed by atoms with Crippen LogP contribution in [0.15, 0.2) is 48.5 Å². The number of carbonyl (C=O) groups is 1. The van der Waals surface area contributed by atoms with Gasteiger partial charge in [-0.25, -0.2) is 0 Å². The second kappa shape index (κ2) is 8.37. The predicted octanol–water partition coefficient (Wildman–Crippen LogP) is 3.66. The van der Waals surface area contributed by atoms with E-state index < -0.39 is 0 Å². The summed E-state index contributed by atoms with van der Waals surface area (Å²) < 4.78 is 5.82. The zero-order valence-electron chi connectivity index (χ0n) is 14.1. The highest BCUT2D eigenvalue weighted by atomic mass is 35.5. The molecule has 25 heavy (non-hydrogen) atoms. The van der Waals surface area contributed by atoms with Crippen molar-refractivity contribution >= 4 is 17.5 Å². The van der Waals surface area contributed by atoms with E-state index in [0.717, 1.165) is 30.4 Å². The molecule has 1 aliphatic carbocycles. The fraction of sp³-hybridized carbons (Fsp3) is 0.350. The zero-order valence-corrected chi connectivity index (χ0v) is 14.8. The zero-order chi connectivity index (χ0) is 17.6. The molecule has 0 spiro atoms. The maximum Gasteiger partial charge on any atom is 0.223 e. The number of nitrogens with two attached hydrogens (primary N) is 1. The lowest BCUT2D eigenvalue weighted by Crippen LogP contribution is -2.30. The van der Waals surface area contributed by atoms with E-state index in [0.29, 0.717) is 23.9 Å². The van der Waals surface area contributed by atoms with Gasteiger partial charge >= 0.3 is 0 Å². The first-order valence-electron chi connectivity index (χ1n) is 8.61. The molecule has 1 aliphatic rings. The standard InChI is InChI=1S/C20H23ClN2O2/c21-18-7-3-4-8-19(18)25-13-16-6-2-1-5-15(16)12-23-20(24)14-9-10-17(22)11-14/h1-8,14,17H,9-13,22H2,(H,23,24). The van der Waals surface area contributed by atoms with Gasteiger partial charge in [0.25, 0.3) is 0 Å². The van der Waals surface area contributed by atoms with E-state index in [1.54, 1.807) is 6.07 Å². The fourth-order valence-electron chi connectivity index (χ4n) is 3.17. The largest absolute Gasteiger partial charge is 0.487 e. The Balaban J connectivity index is 1.59. The van der Waals surface area contributed by atoms with Crippen molar-refractivity contribution in [3.8, 4) is 5.75 Å². The Bertz CT molecular complexity index is 735. The minimum Gasteiger partial charge on any atom is -0.487 e. The van der Waals surface area contributed by atoms with Crippen molar-refractivity contribution in [2.45, 2.75) is 38.5 Å². The summed E-state index contributed by atoms with van der Waals surface area (Å²) in [5.74, 6) is 0.791. The monoisotopic (exact) mass is 358 g/mol. The Hall–Kier alpha value is -2.04. The van der Waals surface area contributed by atoms with Crippen LogP contribution in [0.25, 0.3) is 0 Å². The molecule has 3 rings (SSSR count). The van der Waals surface area contributed by atoms with Gasteiger partial charge < -0.3 is 15.8 Å². The molecule has 1 amide bonds. The van der Waals surface area contributed by atoms with Gasteiger partial charge in [0.2, 0.25) is 5.91 Å². The highest BCUT2D eigenvalue weighted by molar-refractivity contribution is 6.32. The molecule has 2 aromatic carbocycles. The number of halogens is 1. The van der Waals surface area contributed by atoms with Crippen LogP contribution in [0.3, 0.4) is 0 Å². The lowest BCUT2D eigenvalue weighted by molar-refractivity contribution is -0.125. The molecule has 0 radical (unpaired) electrons. The molecule has 1 fully saturated rings. The molecule has 2 unspecified atom stereocenters. The first-order valence-corrected chi connectivity index (χ1v) is 8.98. The van der Waals surface area contributed by atoms with E-state index in [-0.39, 0.29) is 17.9 Å². The molecule has 1 saturated carbocycles. The van der Waals surface area contributed by atoms with E-state index in [1.807, 2.05) is 42.5 Å². The molecule has 2 atom stereocenters.